The van der Waals surface area contributed by atoms with Gasteiger partial charge in [-0.25, -0.2) is 0 Å². The minimum Gasteiger partial charge on any atom is -0.370 e. The summed E-state index contributed by atoms with van der Waals surface area (Å²) in [7, 11) is 0. The Balaban J connectivity index is 1.56. The van der Waals surface area contributed by atoms with Crippen LogP contribution in [0.25, 0.3) is 0 Å². The van der Waals surface area contributed by atoms with E-state index in [1.165, 1.54) is 18.4 Å². The molecule has 0 unspecified atom stereocenters. The van der Waals surface area contributed by atoms with Gasteiger partial charge in [-0.3, -0.25) is 0 Å². The molecule has 0 aliphatic carbocycles. The lowest BCUT2D eigenvalue weighted by Crippen LogP contribution is -2.39. The number of ether oxygens (including phenoxy) is 1. The Morgan fingerprint density at radius 3 is 2.42 bits per heavy atom. The summed E-state index contributed by atoms with van der Waals surface area (Å²) in [6.07, 6.45) is 2.49. The van der Waals surface area contributed by atoms with E-state index in [4.69, 9.17) is 10.5 Å². The number of morpholine rings is 1. The fourth-order valence-electron chi connectivity index (χ4n) is 3.44. The van der Waals surface area contributed by atoms with Crippen molar-refractivity contribution in [3.8, 4) is 0 Å². The average molecular weight is 325 g/mol. The van der Waals surface area contributed by atoms with Gasteiger partial charge in [0, 0.05) is 32.2 Å². The highest BCUT2D eigenvalue weighted by Gasteiger charge is 2.24. The molecule has 0 amide bonds. The minimum absolute atomic E-state index is 0.0615. The Morgan fingerprint density at radius 1 is 0.958 bits per heavy atom. The second kappa shape index (κ2) is 6.65. The van der Waals surface area contributed by atoms with Gasteiger partial charge in [0.05, 0.1) is 6.61 Å². The van der Waals surface area contributed by atoms with Crippen LogP contribution in [0.5, 0.6) is 0 Å². The molecule has 1 atom stereocenters. The van der Waals surface area contributed by atoms with Gasteiger partial charge in [0.15, 0.2) is 0 Å². The van der Waals surface area contributed by atoms with Crippen LogP contribution in [0.4, 0.5) is 17.6 Å². The highest BCUT2D eigenvalue weighted by atomic mass is 16.5. The van der Waals surface area contributed by atoms with Crippen LogP contribution in [-0.4, -0.2) is 42.8 Å². The molecule has 24 heavy (non-hydrogen) atoms. The van der Waals surface area contributed by atoms with Crippen LogP contribution in [0.1, 0.15) is 24.5 Å². The summed E-state index contributed by atoms with van der Waals surface area (Å²) in [5.74, 6) is 2.18. The van der Waals surface area contributed by atoms with Gasteiger partial charge in [0.1, 0.15) is 17.7 Å². The van der Waals surface area contributed by atoms with Crippen molar-refractivity contribution in [3.63, 3.8) is 0 Å². The molecule has 0 bridgehead atoms. The SMILES string of the molecule is Nc1nc(N2CCCC2)cc(N2CCO[C@@H](c3ccccc3)C2)n1. The van der Waals surface area contributed by atoms with E-state index in [2.05, 4.69) is 38.0 Å². The highest BCUT2D eigenvalue weighted by Crippen LogP contribution is 2.28. The van der Waals surface area contributed by atoms with Crippen molar-refractivity contribution in [2.75, 3.05) is 48.3 Å². The molecule has 2 aliphatic heterocycles. The van der Waals surface area contributed by atoms with E-state index in [0.29, 0.717) is 12.6 Å². The first kappa shape index (κ1) is 15.2. The second-order valence-corrected chi connectivity index (χ2v) is 6.35. The standard InChI is InChI=1S/C18H23N5O/c19-18-20-16(22-8-4-5-9-22)12-17(21-18)23-10-11-24-15(13-23)14-6-2-1-3-7-14/h1-3,6-7,12,15H,4-5,8-11,13H2,(H2,19,20,21)/t15-/m1/s1. The van der Waals surface area contributed by atoms with Crippen LogP contribution >= 0.6 is 0 Å². The van der Waals surface area contributed by atoms with Gasteiger partial charge in [0.25, 0.3) is 0 Å². The van der Waals surface area contributed by atoms with Crippen molar-refractivity contribution < 1.29 is 4.74 Å². The van der Waals surface area contributed by atoms with Crippen LogP contribution in [-0.2, 0) is 4.74 Å². The van der Waals surface area contributed by atoms with Crippen LogP contribution in [0.2, 0.25) is 0 Å². The average Bonchev–Trinajstić information content (AvgIpc) is 3.17. The number of anilines is 3. The number of rotatable bonds is 3. The highest BCUT2D eigenvalue weighted by molar-refractivity contribution is 5.54. The van der Waals surface area contributed by atoms with E-state index in [1.807, 2.05) is 18.2 Å². The Morgan fingerprint density at radius 2 is 1.67 bits per heavy atom. The zero-order valence-electron chi connectivity index (χ0n) is 13.8. The van der Waals surface area contributed by atoms with Crippen LogP contribution in [0.3, 0.4) is 0 Å². The molecule has 3 heterocycles. The number of aromatic nitrogens is 2. The molecule has 2 aromatic rings. The fraction of sp³-hybridized carbons (Fsp3) is 0.444. The maximum absolute atomic E-state index is 5.97. The molecule has 2 saturated heterocycles. The largest absolute Gasteiger partial charge is 0.370 e. The lowest BCUT2D eigenvalue weighted by Gasteiger charge is -2.34. The maximum Gasteiger partial charge on any atom is 0.223 e. The Bertz CT molecular complexity index is 687. The van der Waals surface area contributed by atoms with E-state index < -0.39 is 0 Å². The predicted molar refractivity (Wildman–Crippen MR) is 95.2 cm³/mol. The summed E-state index contributed by atoms with van der Waals surface area (Å²) in [6.45, 7) is 4.37. The van der Waals surface area contributed by atoms with E-state index in [0.717, 1.165) is 37.8 Å². The van der Waals surface area contributed by atoms with Gasteiger partial charge in [-0.15, -0.1) is 0 Å². The van der Waals surface area contributed by atoms with Gasteiger partial charge in [-0.05, 0) is 18.4 Å². The zero-order valence-corrected chi connectivity index (χ0v) is 13.8. The van der Waals surface area contributed by atoms with Crippen molar-refractivity contribution >= 4 is 17.6 Å². The van der Waals surface area contributed by atoms with Gasteiger partial charge in [0.2, 0.25) is 5.95 Å². The Labute approximate surface area is 142 Å². The van der Waals surface area contributed by atoms with Gasteiger partial charge >= 0.3 is 0 Å². The zero-order chi connectivity index (χ0) is 16.4. The van der Waals surface area contributed by atoms with Crippen LogP contribution in [0, 0.1) is 0 Å². The first-order valence-electron chi connectivity index (χ1n) is 8.60. The molecule has 1 aromatic carbocycles. The second-order valence-electron chi connectivity index (χ2n) is 6.35. The van der Waals surface area contributed by atoms with Crippen molar-refractivity contribution in [2.45, 2.75) is 18.9 Å². The maximum atomic E-state index is 5.97. The molecule has 0 spiro atoms. The van der Waals surface area contributed by atoms with E-state index >= 15 is 0 Å². The van der Waals surface area contributed by atoms with Crippen molar-refractivity contribution in [3.05, 3.63) is 42.0 Å². The predicted octanol–water partition coefficient (Wildman–Crippen LogP) is 2.24. The molecule has 2 fully saturated rings. The summed E-state index contributed by atoms with van der Waals surface area (Å²) in [5.41, 5.74) is 7.17. The number of nitrogens with zero attached hydrogens (tertiary/aromatic N) is 4. The Kier molecular flexibility index (Phi) is 4.21. The molecule has 6 heteroatoms. The van der Waals surface area contributed by atoms with Crippen molar-refractivity contribution in [1.82, 2.24) is 9.97 Å². The molecule has 1 aromatic heterocycles. The number of hydrogen-bond donors (Lipinski definition) is 1. The first-order chi connectivity index (χ1) is 11.8. The summed E-state index contributed by atoms with van der Waals surface area (Å²) in [4.78, 5) is 13.4. The normalized spacial score (nSPS) is 21.2. The van der Waals surface area contributed by atoms with Crippen molar-refractivity contribution in [1.29, 1.82) is 0 Å². The monoisotopic (exact) mass is 325 g/mol. The van der Waals surface area contributed by atoms with E-state index in [1.54, 1.807) is 0 Å². The van der Waals surface area contributed by atoms with Gasteiger partial charge in [-0.1, -0.05) is 30.3 Å². The van der Waals surface area contributed by atoms with E-state index in [9.17, 15) is 0 Å². The lowest BCUT2D eigenvalue weighted by atomic mass is 10.1. The minimum atomic E-state index is 0.0615. The summed E-state index contributed by atoms with van der Waals surface area (Å²) in [6, 6.07) is 12.4. The molecular formula is C18H23N5O. The fourth-order valence-corrected chi connectivity index (χ4v) is 3.44. The molecule has 6 nitrogen and oxygen atoms in total. The molecule has 4 rings (SSSR count). The number of nitrogen functional groups attached to an aromatic ring is 1. The van der Waals surface area contributed by atoms with Gasteiger partial charge in [-0.2, -0.15) is 9.97 Å². The summed E-state index contributed by atoms with van der Waals surface area (Å²) in [5, 5.41) is 0. The topological polar surface area (TPSA) is 67.5 Å². The Hall–Kier alpha value is -2.34. The number of nitrogens with two attached hydrogens (primary N) is 1. The third kappa shape index (κ3) is 3.14. The molecule has 126 valence electrons. The third-order valence-corrected chi connectivity index (χ3v) is 4.71. The van der Waals surface area contributed by atoms with Gasteiger partial charge < -0.3 is 20.3 Å². The first-order valence-corrected chi connectivity index (χ1v) is 8.60. The number of hydrogen-bond acceptors (Lipinski definition) is 6. The van der Waals surface area contributed by atoms with E-state index in [-0.39, 0.29) is 6.10 Å². The third-order valence-electron chi connectivity index (χ3n) is 4.71. The molecule has 2 aliphatic rings. The molecular weight excluding hydrogens is 302 g/mol. The molecule has 0 radical (unpaired) electrons. The number of benzene rings is 1. The van der Waals surface area contributed by atoms with Crippen molar-refractivity contribution in [2.24, 2.45) is 0 Å². The summed E-state index contributed by atoms with van der Waals surface area (Å²) < 4.78 is 5.95. The van der Waals surface area contributed by atoms with Crippen LogP contribution in [0.15, 0.2) is 36.4 Å². The summed E-state index contributed by atoms with van der Waals surface area (Å²) >= 11 is 0. The van der Waals surface area contributed by atoms with Crippen LogP contribution < -0.4 is 15.5 Å². The quantitative estimate of drug-likeness (QED) is 0.933. The molecule has 0 saturated carbocycles. The lowest BCUT2D eigenvalue weighted by molar-refractivity contribution is 0.0395. The smallest absolute Gasteiger partial charge is 0.223 e. The molecule has 2 N–H and O–H groups in total.